The summed E-state index contributed by atoms with van der Waals surface area (Å²) in [4.78, 5) is 23.7. The summed E-state index contributed by atoms with van der Waals surface area (Å²) >= 11 is 0. The van der Waals surface area contributed by atoms with Gasteiger partial charge in [-0.1, -0.05) is 30.3 Å². The van der Waals surface area contributed by atoms with Crippen molar-refractivity contribution in [2.45, 2.75) is 26.3 Å². The first-order valence-electron chi connectivity index (χ1n) is 6.43. The average Bonchev–Trinajstić information content (AvgIpc) is 2.86. The SMILES string of the molecule is CC(=O)C(Cc1ccccc1)NC(=O)c1cc(C)[nH]n1. The van der Waals surface area contributed by atoms with E-state index in [2.05, 4.69) is 15.5 Å². The third-order valence-electron chi connectivity index (χ3n) is 3.02. The molecule has 0 aliphatic carbocycles. The fourth-order valence-electron chi connectivity index (χ4n) is 1.91. The topological polar surface area (TPSA) is 74.8 Å². The molecule has 2 rings (SSSR count). The number of nitrogens with one attached hydrogen (secondary N) is 2. The van der Waals surface area contributed by atoms with Crippen molar-refractivity contribution in [3.8, 4) is 0 Å². The molecule has 0 bridgehead atoms. The summed E-state index contributed by atoms with van der Waals surface area (Å²) in [7, 11) is 0. The highest BCUT2D eigenvalue weighted by molar-refractivity contribution is 5.96. The van der Waals surface area contributed by atoms with Gasteiger partial charge in [-0.05, 0) is 31.9 Å². The monoisotopic (exact) mass is 271 g/mol. The third-order valence-corrected chi connectivity index (χ3v) is 3.02. The van der Waals surface area contributed by atoms with Gasteiger partial charge in [-0.15, -0.1) is 0 Å². The van der Waals surface area contributed by atoms with E-state index in [9.17, 15) is 9.59 Å². The van der Waals surface area contributed by atoms with Crippen molar-refractivity contribution in [3.05, 3.63) is 53.3 Å². The van der Waals surface area contributed by atoms with Gasteiger partial charge in [0.2, 0.25) is 0 Å². The Hall–Kier alpha value is -2.43. The van der Waals surface area contributed by atoms with Gasteiger partial charge in [0.05, 0.1) is 6.04 Å². The van der Waals surface area contributed by atoms with Crippen LogP contribution in [0.2, 0.25) is 0 Å². The predicted octanol–water partition coefficient (Wildman–Crippen LogP) is 1.65. The molecule has 0 aliphatic heterocycles. The van der Waals surface area contributed by atoms with Gasteiger partial charge < -0.3 is 5.32 Å². The van der Waals surface area contributed by atoms with E-state index in [4.69, 9.17) is 0 Å². The smallest absolute Gasteiger partial charge is 0.272 e. The Morgan fingerprint density at radius 2 is 2.00 bits per heavy atom. The van der Waals surface area contributed by atoms with Gasteiger partial charge in [0, 0.05) is 5.69 Å². The van der Waals surface area contributed by atoms with Gasteiger partial charge in [0.1, 0.15) is 5.69 Å². The van der Waals surface area contributed by atoms with Crippen molar-refractivity contribution in [1.82, 2.24) is 15.5 Å². The summed E-state index contributed by atoms with van der Waals surface area (Å²) in [5.74, 6) is -0.417. The lowest BCUT2D eigenvalue weighted by molar-refractivity contribution is -0.118. The minimum absolute atomic E-state index is 0.0746. The number of carbonyl (C=O) groups is 2. The second-order valence-electron chi connectivity index (χ2n) is 4.76. The summed E-state index contributed by atoms with van der Waals surface area (Å²) in [6.07, 6.45) is 0.477. The Bertz CT molecular complexity index is 605. The number of amides is 1. The number of benzene rings is 1. The molecule has 0 saturated heterocycles. The highest BCUT2D eigenvalue weighted by Crippen LogP contribution is 2.05. The van der Waals surface area contributed by atoms with Gasteiger partial charge in [-0.2, -0.15) is 5.10 Å². The molecular formula is C15H17N3O2. The molecule has 0 saturated carbocycles. The highest BCUT2D eigenvalue weighted by Gasteiger charge is 2.19. The maximum atomic E-state index is 12.0. The zero-order valence-electron chi connectivity index (χ0n) is 11.5. The number of aromatic amines is 1. The lowest BCUT2D eigenvalue weighted by atomic mass is 10.0. The molecule has 1 unspecified atom stereocenters. The van der Waals surface area contributed by atoms with Crippen LogP contribution in [0.1, 0.15) is 28.7 Å². The predicted molar refractivity (Wildman–Crippen MR) is 75.4 cm³/mol. The molecule has 5 nitrogen and oxygen atoms in total. The number of aromatic nitrogens is 2. The minimum atomic E-state index is -0.540. The summed E-state index contributed by atoms with van der Waals surface area (Å²) in [5, 5.41) is 9.32. The number of carbonyl (C=O) groups excluding carboxylic acids is 2. The molecule has 0 aliphatic rings. The maximum absolute atomic E-state index is 12.0. The molecule has 0 radical (unpaired) electrons. The number of hydrogen-bond donors (Lipinski definition) is 2. The number of rotatable bonds is 5. The summed E-state index contributed by atoms with van der Waals surface area (Å²) in [5.41, 5.74) is 2.10. The number of hydrogen-bond acceptors (Lipinski definition) is 3. The molecule has 2 N–H and O–H groups in total. The second-order valence-corrected chi connectivity index (χ2v) is 4.76. The number of ketones is 1. The van der Waals surface area contributed by atoms with Crippen LogP contribution in [0.15, 0.2) is 36.4 Å². The van der Waals surface area contributed by atoms with E-state index in [1.54, 1.807) is 6.07 Å². The number of H-pyrrole nitrogens is 1. The fourth-order valence-corrected chi connectivity index (χ4v) is 1.91. The highest BCUT2D eigenvalue weighted by atomic mass is 16.2. The van der Waals surface area contributed by atoms with E-state index < -0.39 is 6.04 Å². The Labute approximate surface area is 117 Å². The van der Waals surface area contributed by atoms with Crippen molar-refractivity contribution >= 4 is 11.7 Å². The van der Waals surface area contributed by atoms with Crippen LogP contribution in [0.5, 0.6) is 0 Å². The molecule has 1 aromatic carbocycles. The van der Waals surface area contributed by atoms with Crippen LogP contribution in [0.25, 0.3) is 0 Å². The second kappa shape index (κ2) is 6.14. The van der Waals surface area contributed by atoms with Crippen LogP contribution in [-0.4, -0.2) is 27.9 Å². The van der Waals surface area contributed by atoms with Crippen LogP contribution < -0.4 is 5.32 Å². The van der Waals surface area contributed by atoms with Crippen molar-refractivity contribution in [2.24, 2.45) is 0 Å². The van der Waals surface area contributed by atoms with Crippen LogP contribution in [0.3, 0.4) is 0 Å². The van der Waals surface area contributed by atoms with E-state index in [0.717, 1.165) is 11.3 Å². The Kier molecular flexibility index (Phi) is 4.30. The molecule has 1 heterocycles. The molecule has 1 atom stereocenters. The maximum Gasteiger partial charge on any atom is 0.272 e. The average molecular weight is 271 g/mol. The van der Waals surface area contributed by atoms with Crippen LogP contribution in [-0.2, 0) is 11.2 Å². The molecule has 2 aromatic rings. The zero-order valence-corrected chi connectivity index (χ0v) is 11.5. The van der Waals surface area contributed by atoms with Crippen molar-refractivity contribution < 1.29 is 9.59 Å². The van der Waals surface area contributed by atoms with Crippen molar-refractivity contribution in [3.63, 3.8) is 0 Å². The van der Waals surface area contributed by atoms with Crippen LogP contribution >= 0.6 is 0 Å². The lowest BCUT2D eigenvalue weighted by Gasteiger charge is -2.15. The molecule has 5 heteroatoms. The molecule has 1 amide bonds. The van der Waals surface area contributed by atoms with Gasteiger partial charge in [0.25, 0.3) is 5.91 Å². The van der Waals surface area contributed by atoms with Gasteiger partial charge in [-0.25, -0.2) is 0 Å². The Balaban J connectivity index is 2.06. The largest absolute Gasteiger partial charge is 0.341 e. The van der Waals surface area contributed by atoms with Gasteiger partial charge in [-0.3, -0.25) is 14.7 Å². The van der Waals surface area contributed by atoms with Crippen molar-refractivity contribution in [2.75, 3.05) is 0 Å². The Morgan fingerprint density at radius 1 is 1.30 bits per heavy atom. The minimum Gasteiger partial charge on any atom is -0.341 e. The number of nitrogens with zero attached hydrogens (tertiary/aromatic N) is 1. The normalized spacial score (nSPS) is 11.9. The van der Waals surface area contributed by atoms with Crippen molar-refractivity contribution in [1.29, 1.82) is 0 Å². The summed E-state index contributed by atoms with van der Waals surface area (Å²) in [6, 6.07) is 10.7. The first kappa shape index (κ1) is 14.0. The first-order valence-corrected chi connectivity index (χ1v) is 6.43. The van der Waals surface area contributed by atoms with Gasteiger partial charge >= 0.3 is 0 Å². The fraction of sp³-hybridized carbons (Fsp3) is 0.267. The zero-order chi connectivity index (χ0) is 14.5. The molecule has 104 valence electrons. The lowest BCUT2D eigenvalue weighted by Crippen LogP contribution is -2.41. The van der Waals surface area contributed by atoms with E-state index in [0.29, 0.717) is 12.1 Å². The third kappa shape index (κ3) is 3.54. The molecule has 20 heavy (non-hydrogen) atoms. The molecule has 0 fully saturated rings. The molecular weight excluding hydrogens is 254 g/mol. The molecule has 1 aromatic heterocycles. The van der Waals surface area contributed by atoms with Gasteiger partial charge in [0.15, 0.2) is 5.78 Å². The first-order chi connectivity index (χ1) is 9.56. The summed E-state index contributed by atoms with van der Waals surface area (Å²) < 4.78 is 0. The van der Waals surface area contributed by atoms with E-state index in [1.165, 1.54) is 6.92 Å². The van der Waals surface area contributed by atoms with E-state index in [1.807, 2.05) is 37.3 Å². The Morgan fingerprint density at radius 3 is 2.55 bits per heavy atom. The molecule has 0 spiro atoms. The van der Waals surface area contributed by atoms with E-state index in [-0.39, 0.29) is 11.7 Å². The van der Waals surface area contributed by atoms with E-state index >= 15 is 0 Å². The quantitative estimate of drug-likeness (QED) is 0.868. The summed E-state index contributed by atoms with van der Waals surface area (Å²) in [6.45, 7) is 3.29. The van der Waals surface area contributed by atoms with Crippen LogP contribution in [0.4, 0.5) is 0 Å². The standard InChI is InChI=1S/C15H17N3O2/c1-10-8-14(18-17-10)15(20)16-13(11(2)19)9-12-6-4-3-5-7-12/h3-8,13H,9H2,1-2H3,(H,16,20)(H,17,18). The van der Waals surface area contributed by atoms with Crippen LogP contribution in [0, 0.1) is 6.92 Å². The number of Topliss-reactive ketones (excluding diaryl/α,β-unsaturated/α-hetero) is 1. The number of aryl methyl sites for hydroxylation is 1.